The van der Waals surface area contributed by atoms with Crippen molar-refractivity contribution in [2.75, 3.05) is 12.3 Å². The third-order valence-corrected chi connectivity index (χ3v) is 2.03. The van der Waals surface area contributed by atoms with Crippen LogP contribution in [0.4, 0.5) is 5.69 Å². The van der Waals surface area contributed by atoms with Crippen LogP contribution in [0.2, 0.25) is 0 Å². The summed E-state index contributed by atoms with van der Waals surface area (Å²) in [6.45, 7) is 2.56. The van der Waals surface area contributed by atoms with Crippen LogP contribution in [0.15, 0.2) is 30.3 Å². The summed E-state index contributed by atoms with van der Waals surface area (Å²) in [5, 5.41) is 0.968. The van der Waals surface area contributed by atoms with Gasteiger partial charge in [-0.1, -0.05) is 6.07 Å². The van der Waals surface area contributed by atoms with E-state index in [4.69, 9.17) is 10.5 Å². The summed E-state index contributed by atoms with van der Waals surface area (Å²) in [5.74, 6) is 0.644. The molecule has 1 aromatic carbocycles. The summed E-state index contributed by atoms with van der Waals surface area (Å²) >= 11 is 0. The molecule has 0 saturated carbocycles. The molecule has 0 atom stereocenters. The quantitative estimate of drug-likeness (QED) is 0.735. The number of benzene rings is 1. The van der Waals surface area contributed by atoms with Gasteiger partial charge >= 0.3 is 0 Å². The summed E-state index contributed by atoms with van der Waals surface area (Å²) in [4.78, 5) is 4.32. The zero-order valence-electron chi connectivity index (χ0n) is 8.03. The molecule has 0 spiro atoms. The average molecular weight is 188 g/mol. The zero-order chi connectivity index (χ0) is 9.97. The van der Waals surface area contributed by atoms with Gasteiger partial charge in [0.2, 0.25) is 5.88 Å². The first-order valence-electron chi connectivity index (χ1n) is 4.59. The van der Waals surface area contributed by atoms with Crippen molar-refractivity contribution in [1.29, 1.82) is 0 Å². The lowest BCUT2D eigenvalue weighted by Crippen LogP contribution is -1.95. The average Bonchev–Trinajstić information content (AvgIpc) is 2.18. The minimum Gasteiger partial charge on any atom is -0.478 e. The van der Waals surface area contributed by atoms with Crippen LogP contribution in [-0.4, -0.2) is 11.6 Å². The van der Waals surface area contributed by atoms with Gasteiger partial charge in [-0.2, -0.15) is 0 Å². The van der Waals surface area contributed by atoms with Crippen LogP contribution in [-0.2, 0) is 0 Å². The Balaban J connectivity index is 2.56. The standard InChI is InChI=1S/C11H12N2O/c1-2-14-11-7-6-8-9(12)4-3-5-10(8)13-11/h3-7H,2,12H2,1H3. The molecule has 2 aromatic rings. The molecule has 2 rings (SSSR count). The van der Waals surface area contributed by atoms with E-state index in [-0.39, 0.29) is 0 Å². The Morgan fingerprint density at radius 1 is 1.29 bits per heavy atom. The highest BCUT2D eigenvalue weighted by Crippen LogP contribution is 2.21. The Labute approximate surface area is 82.5 Å². The van der Waals surface area contributed by atoms with Gasteiger partial charge in [-0.05, 0) is 25.1 Å². The van der Waals surface area contributed by atoms with Crippen LogP contribution >= 0.6 is 0 Å². The van der Waals surface area contributed by atoms with Gasteiger partial charge in [0.15, 0.2) is 0 Å². The van der Waals surface area contributed by atoms with Crippen LogP contribution in [0.5, 0.6) is 5.88 Å². The second-order valence-electron chi connectivity index (χ2n) is 3.00. The highest BCUT2D eigenvalue weighted by molar-refractivity contribution is 5.90. The maximum Gasteiger partial charge on any atom is 0.213 e. The molecule has 0 aliphatic rings. The number of hydrogen-bond donors (Lipinski definition) is 1. The minimum absolute atomic E-state index is 0.626. The highest BCUT2D eigenvalue weighted by atomic mass is 16.5. The summed E-state index contributed by atoms with van der Waals surface area (Å²) in [7, 11) is 0. The van der Waals surface area contributed by atoms with E-state index in [9.17, 15) is 0 Å². The van der Waals surface area contributed by atoms with Crippen LogP contribution in [0.25, 0.3) is 10.9 Å². The first kappa shape index (κ1) is 8.81. The monoisotopic (exact) mass is 188 g/mol. The highest BCUT2D eigenvalue weighted by Gasteiger charge is 2.00. The zero-order valence-corrected chi connectivity index (χ0v) is 8.03. The van der Waals surface area contributed by atoms with Crippen LogP contribution in [0.1, 0.15) is 6.92 Å². The molecule has 3 nitrogen and oxygen atoms in total. The maximum absolute atomic E-state index is 5.80. The summed E-state index contributed by atoms with van der Waals surface area (Å²) in [6, 6.07) is 9.45. The van der Waals surface area contributed by atoms with Gasteiger partial charge in [0.05, 0.1) is 12.1 Å². The second kappa shape index (κ2) is 3.54. The third-order valence-electron chi connectivity index (χ3n) is 2.03. The fraction of sp³-hybridized carbons (Fsp3) is 0.182. The molecule has 0 radical (unpaired) electrons. The van der Waals surface area contributed by atoms with Gasteiger partial charge in [-0.3, -0.25) is 0 Å². The molecule has 0 saturated heterocycles. The number of anilines is 1. The predicted octanol–water partition coefficient (Wildman–Crippen LogP) is 2.22. The van der Waals surface area contributed by atoms with Crippen molar-refractivity contribution in [3.05, 3.63) is 30.3 Å². The van der Waals surface area contributed by atoms with Crippen molar-refractivity contribution in [2.45, 2.75) is 6.92 Å². The molecule has 0 fully saturated rings. The Hall–Kier alpha value is -1.77. The second-order valence-corrected chi connectivity index (χ2v) is 3.00. The Morgan fingerprint density at radius 3 is 2.93 bits per heavy atom. The fourth-order valence-corrected chi connectivity index (χ4v) is 1.39. The number of pyridine rings is 1. The molecule has 2 N–H and O–H groups in total. The van der Waals surface area contributed by atoms with Crippen molar-refractivity contribution in [3.8, 4) is 5.88 Å². The number of hydrogen-bond acceptors (Lipinski definition) is 3. The SMILES string of the molecule is CCOc1ccc2c(N)cccc2n1. The van der Waals surface area contributed by atoms with Crippen LogP contribution in [0, 0.1) is 0 Å². The van der Waals surface area contributed by atoms with Crippen LogP contribution in [0.3, 0.4) is 0 Å². The van der Waals surface area contributed by atoms with Crippen molar-refractivity contribution >= 4 is 16.6 Å². The van der Waals surface area contributed by atoms with Crippen LogP contribution < -0.4 is 10.5 Å². The molecular weight excluding hydrogens is 176 g/mol. The molecule has 3 heteroatoms. The molecule has 0 amide bonds. The summed E-state index contributed by atoms with van der Waals surface area (Å²) < 4.78 is 5.30. The lowest BCUT2D eigenvalue weighted by atomic mass is 10.2. The largest absolute Gasteiger partial charge is 0.478 e. The molecule has 0 aliphatic carbocycles. The van der Waals surface area contributed by atoms with Gasteiger partial charge in [-0.25, -0.2) is 4.98 Å². The van der Waals surface area contributed by atoms with E-state index in [0.717, 1.165) is 16.6 Å². The first-order valence-corrected chi connectivity index (χ1v) is 4.59. The third kappa shape index (κ3) is 1.48. The number of rotatable bonds is 2. The normalized spacial score (nSPS) is 10.4. The number of nitrogens with two attached hydrogens (primary N) is 1. The van der Waals surface area contributed by atoms with Gasteiger partial charge in [0, 0.05) is 17.1 Å². The maximum atomic E-state index is 5.80. The molecule has 0 unspecified atom stereocenters. The number of nitrogens with zero attached hydrogens (tertiary/aromatic N) is 1. The van der Waals surface area contributed by atoms with Gasteiger partial charge in [0.1, 0.15) is 0 Å². The molecular formula is C11H12N2O. The lowest BCUT2D eigenvalue weighted by molar-refractivity contribution is 0.328. The number of nitrogen functional groups attached to an aromatic ring is 1. The van der Waals surface area contributed by atoms with Gasteiger partial charge < -0.3 is 10.5 Å². The topological polar surface area (TPSA) is 48.1 Å². The van der Waals surface area contributed by atoms with E-state index in [0.29, 0.717) is 12.5 Å². The van der Waals surface area contributed by atoms with E-state index >= 15 is 0 Å². The molecule has 0 aliphatic heterocycles. The number of ether oxygens (including phenoxy) is 1. The molecule has 0 bridgehead atoms. The van der Waals surface area contributed by atoms with Gasteiger partial charge in [0.25, 0.3) is 0 Å². The van der Waals surface area contributed by atoms with E-state index in [2.05, 4.69) is 4.98 Å². The smallest absolute Gasteiger partial charge is 0.213 e. The van der Waals surface area contributed by atoms with E-state index in [1.54, 1.807) is 0 Å². The molecule has 1 heterocycles. The van der Waals surface area contributed by atoms with E-state index in [1.165, 1.54) is 0 Å². The Kier molecular flexibility index (Phi) is 2.23. The molecule has 1 aromatic heterocycles. The predicted molar refractivity (Wildman–Crippen MR) is 57.3 cm³/mol. The summed E-state index contributed by atoms with van der Waals surface area (Å²) in [5.41, 5.74) is 7.42. The fourth-order valence-electron chi connectivity index (χ4n) is 1.39. The van der Waals surface area contributed by atoms with Crippen molar-refractivity contribution in [2.24, 2.45) is 0 Å². The number of aromatic nitrogens is 1. The molecule has 14 heavy (non-hydrogen) atoms. The van der Waals surface area contributed by atoms with Crippen molar-refractivity contribution < 1.29 is 4.74 Å². The summed E-state index contributed by atoms with van der Waals surface area (Å²) in [6.07, 6.45) is 0. The first-order chi connectivity index (χ1) is 6.81. The number of fused-ring (bicyclic) bond motifs is 1. The van der Waals surface area contributed by atoms with E-state index in [1.807, 2.05) is 37.3 Å². The molecule has 72 valence electrons. The lowest BCUT2D eigenvalue weighted by Gasteiger charge is -2.04. The van der Waals surface area contributed by atoms with E-state index < -0.39 is 0 Å². The van der Waals surface area contributed by atoms with Gasteiger partial charge in [-0.15, -0.1) is 0 Å². The Bertz CT molecular complexity index is 454. The minimum atomic E-state index is 0.626. The van der Waals surface area contributed by atoms with Crippen molar-refractivity contribution in [3.63, 3.8) is 0 Å². The Morgan fingerprint density at radius 2 is 2.14 bits per heavy atom. The van der Waals surface area contributed by atoms with Crippen molar-refractivity contribution in [1.82, 2.24) is 4.98 Å².